The van der Waals surface area contributed by atoms with E-state index in [1.54, 1.807) is 11.1 Å². The van der Waals surface area contributed by atoms with Gasteiger partial charge in [-0.15, -0.1) is 0 Å². The third kappa shape index (κ3) is 6.47. The number of piperidine rings is 1. The molecule has 0 aromatic carbocycles. The van der Waals surface area contributed by atoms with Gasteiger partial charge in [-0.1, -0.05) is 6.07 Å². The van der Waals surface area contributed by atoms with E-state index in [1.807, 2.05) is 32.9 Å². The fourth-order valence-corrected chi connectivity index (χ4v) is 2.76. The summed E-state index contributed by atoms with van der Waals surface area (Å²) in [6.07, 6.45) is 3.66. The summed E-state index contributed by atoms with van der Waals surface area (Å²) in [6.45, 7) is 8.33. The zero-order valence-electron chi connectivity index (χ0n) is 14.0. The standard InChI is InChI=1S/C17H25BrN2O3/c1-17(2,3)23-16(21)20-8-4-5-14(10-20)12-22-11-13-6-7-15(18)19-9-13/h6-7,9,14H,4-5,8,10-12H2,1-3H3. The summed E-state index contributed by atoms with van der Waals surface area (Å²) in [4.78, 5) is 18.1. The molecule has 0 radical (unpaired) electrons. The Hall–Kier alpha value is -1.14. The molecule has 1 fully saturated rings. The zero-order valence-corrected chi connectivity index (χ0v) is 15.6. The first-order valence-electron chi connectivity index (χ1n) is 7.99. The molecule has 1 atom stereocenters. The first kappa shape index (κ1) is 18.2. The predicted octanol–water partition coefficient (Wildman–Crippen LogP) is 4.01. The molecule has 0 N–H and O–H groups in total. The first-order valence-corrected chi connectivity index (χ1v) is 8.79. The topological polar surface area (TPSA) is 51.7 Å². The summed E-state index contributed by atoms with van der Waals surface area (Å²) in [5.41, 5.74) is 0.600. The molecule has 2 heterocycles. The smallest absolute Gasteiger partial charge is 0.410 e. The fraction of sp³-hybridized carbons (Fsp3) is 0.647. The molecule has 1 aliphatic heterocycles. The summed E-state index contributed by atoms with van der Waals surface area (Å²) in [5, 5.41) is 0. The summed E-state index contributed by atoms with van der Waals surface area (Å²) in [5.74, 6) is 0.361. The van der Waals surface area contributed by atoms with Gasteiger partial charge in [-0.3, -0.25) is 0 Å². The second kappa shape index (κ2) is 8.11. The molecule has 6 heteroatoms. The molecule has 1 aromatic heterocycles. The highest BCUT2D eigenvalue weighted by Gasteiger charge is 2.27. The first-order chi connectivity index (χ1) is 10.8. The Balaban J connectivity index is 1.75. The average Bonchev–Trinajstić information content (AvgIpc) is 2.48. The number of likely N-dealkylation sites (tertiary alicyclic amines) is 1. The summed E-state index contributed by atoms with van der Waals surface area (Å²) < 4.78 is 12.1. The third-order valence-corrected chi connectivity index (χ3v) is 4.05. The molecular formula is C17H25BrN2O3. The average molecular weight is 385 g/mol. The Morgan fingerprint density at radius 3 is 2.87 bits per heavy atom. The van der Waals surface area contributed by atoms with E-state index in [-0.39, 0.29) is 6.09 Å². The van der Waals surface area contributed by atoms with Crippen LogP contribution >= 0.6 is 15.9 Å². The Bertz CT molecular complexity index is 514. The molecule has 1 aliphatic rings. The van der Waals surface area contributed by atoms with Gasteiger partial charge in [0.25, 0.3) is 0 Å². The van der Waals surface area contributed by atoms with Gasteiger partial charge < -0.3 is 14.4 Å². The van der Waals surface area contributed by atoms with Crippen molar-refractivity contribution in [3.05, 3.63) is 28.5 Å². The van der Waals surface area contributed by atoms with Gasteiger partial charge in [-0.2, -0.15) is 0 Å². The Labute approximate surface area is 146 Å². The van der Waals surface area contributed by atoms with Crippen molar-refractivity contribution in [2.75, 3.05) is 19.7 Å². The van der Waals surface area contributed by atoms with E-state index in [0.717, 1.165) is 29.6 Å². The number of ether oxygens (including phenoxy) is 2. The van der Waals surface area contributed by atoms with Crippen molar-refractivity contribution in [3.63, 3.8) is 0 Å². The van der Waals surface area contributed by atoms with Gasteiger partial charge >= 0.3 is 6.09 Å². The quantitative estimate of drug-likeness (QED) is 0.735. The molecule has 23 heavy (non-hydrogen) atoms. The monoisotopic (exact) mass is 384 g/mol. The summed E-state index contributed by atoms with van der Waals surface area (Å²) in [6, 6.07) is 3.90. The lowest BCUT2D eigenvalue weighted by atomic mass is 9.99. The minimum Gasteiger partial charge on any atom is -0.444 e. The van der Waals surface area contributed by atoms with Crippen LogP contribution in [0.15, 0.2) is 22.9 Å². The van der Waals surface area contributed by atoms with E-state index in [2.05, 4.69) is 20.9 Å². The van der Waals surface area contributed by atoms with Gasteiger partial charge in [-0.05, 0) is 61.2 Å². The van der Waals surface area contributed by atoms with Gasteiger partial charge in [-0.25, -0.2) is 9.78 Å². The number of amides is 1. The van der Waals surface area contributed by atoms with E-state index in [1.165, 1.54) is 0 Å². The summed E-state index contributed by atoms with van der Waals surface area (Å²) >= 11 is 3.32. The van der Waals surface area contributed by atoms with Crippen LogP contribution in [0.1, 0.15) is 39.2 Å². The van der Waals surface area contributed by atoms with E-state index in [4.69, 9.17) is 9.47 Å². The van der Waals surface area contributed by atoms with Crippen LogP contribution in [-0.4, -0.2) is 41.3 Å². The van der Waals surface area contributed by atoms with Gasteiger partial charge in [0.15, 0.2) is 0 Å². The number of hydrogen-bond donors (Lipinski definition) is 0. The molecule has 1 aromatic rings. The number of halogens is 1. The highest BCUT2D eigenvalue weighted by molar-refractivity contribution is 9.10. The van der Waals surface area contributed by atoms with Crippen LogP contribution in [0, 0.1) is 5.92 Å². The van der Waals surface area contributed by atoms with Crippen LogP contribution in [0.4, 0.5) is 4.79 Å². The highest BCUT2D eigenvalue weighted by Crippen LogP contribution is 2.20. The van der Waals surface area contributed by atoms with Crippen molar-refractivity contribution >= 4 is 22.0 Å². The van der Waals surface area contributed by atoms with Crippen LogP contribution in [0.25, 0.3) is 0 Å². The maximum Gasteiger partial charge on any atom is 0.410 e. The van der Waals surface area contributed by atoms with Crippen molar-refractivity contribution in [1.29, 1.82) is 0 Å². The van der Waals surface area contributed by atoms with E-state index in [0.29, 0.717) is 25.7 Å². The molecule has 2 rings (SSSR count). The minimum atomic E-state index is -0.449. The van der Waals surface area contributed by atoms with Crippen LogP contribution < -0.4 is 0 Å². The lowest BCUT2D eigenvalue weighted by molar-refractivity contribution is 0.00591. The molecule has 0 saturated carbocycles. The normalized spacial score (nSPS) is 18.8. The van der Waals surface area contributed by atoms with Crippen molar-refractivity contribution in [1.82, 2.24) is 9.88 Å². The van der Waals surface area contributed by atoms with E-state index >= 15 is 0 Å². The van der Waals surface area contributed by atoms with Crippen molar-refractivity contribution in [2.45, 2.75) is 45.8 Å². The number of rotatable bonds is 4. The number of pyridine rings is 1. The second-order valence-corrected chi connectivity index (χ2v) is 7.75. The lowest BCUT2D eigenvalue weighted by Gasteiger charge is -2.34. The zero-order chi connectivity index (χ0) is 16.9. The SMILES string of the molecule is CC(C)(C)OC(=O)N1CCCC(COCc2ccc(Br)nc2)C1. The molecule has 1 saturated heterocycles. The Kier molecular flexibility index (Phi) is 6.41. The molecule has 1 amide bonds. The van der Waals surface area contributed by atoms with E-state index in [9.17, 15) is 4.79 Å². The molecular weight excluding hydrogens is 360 g/mol. The number of carbonyl (C=O) groups is 1. The fourth-order valence-electron chi connectivity index (χ4n) is 2.53. The molecule has 128 valence electrons. The Morgan fingerprint density at radius 1 is 1.43 bits per heavy atom. The van der Waals surface area contributed by atoms with Crippen molar-refractivity contribution in [3.8, 4) is 0 Å². The van der Waals surface area contributed by atoms with Crippen LogP contribution in [0.5, 0.6) is 0 Å². The largest absolute Gasteiger partial charge is 0.444 e. The molecule has 0 spiro atoms. The van der Waals surface area contributed by atoms with Gasteiger partial charge in [0.05, 0.1) is 13.2 Å². The maximum absolute atomic E-state index is 12.1. The number of nitrogens with zero attached hydrogens (tertiary/aromatic N) is 2. The van der Waals surface area contributed by atoms with Crippen LogP contribution in [-0.2, 0) is 16.1 Å². The van der Waals surface area contributed by atoms with Gasteiger partial charge in [0, 0.05) is 25.2 Å². The third-order valence-electron chi connectivity index (χ3n) is 3.58. The van der Waals surface area contributed by atoms with Crippen LogP contribution in [0.2, 0.25) is 0 Å². The number of aromatic nitrogens is 1. The second-order valence-electron chi connectivity index (χ2n) is 6.94. The minimum absolute atomic E-state index is 0.223. The Morgan fingerprint density at radius 2 is 2.22 bits per heavy atom. The summed E-state index contributed by atoms with van der Waals surface area (Å²) in [7, 11) is 0. The van der Waals surface area contributed by atoms with E-state index < -0.39 is 5.60 Å². The van der Waals surface area contributed by atoms with Gasteiger partial charge in [0.2, 0.25) is 0 Å². The number of hydrogen-bond acceptors (Lipinski definition) is 4. The molecule has 0 bridgehead atoms. The molecule has 1 unspecified atom stereocenters. The van der Waals surface area contributed by atoms with Crippen LogP contribution in [0.3, 0.4) is 0 Å². The molecule has 0 aliphatic carbocycles. The van der Waals surface area contributed by atoms with Gasteiger partial charge in [0.1, 0.15) is 10.2 Å². The highest BCUT2D eigenvalue weighted by atomic mass is 79.9. The van der Waals surface area contributed by atoms with Crippen molar-refractivity contribution in [2.24, 2.45) is 5.92 Å². The maximum atomic E-state index is 12.1. The molecule has 5 nitrogen and oxygen atoms in total. The number of carbonyl (C=O) groups excluding carboxylic acids is 1. The lowest BCUT2D eigenvalue weighted by Crippen LogP contribution is -2.43. The predicted molar refractivity (Wildman–Crippen MR) is 92.1 cm³/mol. The van der Waals surface area contributed by atoms with Crippen molar-refractivity contribution < 1.29 is 14.3 Å².